The van der Waals surface area contributed by atoms with Crippen LogP contribution in [0.15, 0.2) is 65.6 Å². The van der Waals surface area contributed by atoms with E-state index in [1.54, 1.807) is 30.3 Å². The van der Waals surface area contributed by atoms with Gasteiger partial charge in [-0.05, 0) is 68.3 Å². The van der Waals surface area contributed by atoms with Crippen molar-refractivity contribution >= 4 is 27.4 Å². The van der Waals surface area contributed by atoms with E-state index in [9.17, 15) is 8.42 Å². The third-order valence-corrected chi connectivity index (χ3v) is 6.23. The van der Waals surface area contributed by atoms with E-state index in [-0.39, 0.29) is 10.6 Å². The molecule has 0 aliphatic carbocycles. The topological polar surface area (TPSA) is 64.6 Å². The highest BCUT2D eigenvalue weighted by atomic mass is 35.5. The summed E-state index contributed by atoms with van der Waals surface area (Å²) in [7, 11) is -3.96. The van der Waals surface area contributed by atoms with Crippen LogP contribution in [-0.2, 0) is 16.7 Å². The summed E-state index contributed by atoms with van der Waals surface area (Å²) in [4.78, 5) is 0.0951. The summed E-state index contributed by atoms with van der Waals surface area (Å²) < 4.78 is 36.3. The summed E-state index contributed by atoms with van der Waals surface area (Å²) in [5.74, 6) is 0.524. The molecule has 0 aliphatic heterocycles. The van der Waals surface area contributed by atoms with Gasteiger partial charge in [0.2, 0.25) is 0 Å². The minimum Gasteiger partial charge on any atom is -0.490 e. The molecule has 0 radical (unpaired) electrons. The van der Waals surface area contributed by atoms with Crippen molar-refractivity contribution in [2.75, 3.05) is 11.9 Å². The Bertz CT molecular complexity index is 1130. The minimum atomic E-state index is -3.96. The first-order chi connectivity index (χ1) is 14.3. The van der Waals surface area contributed by atoms with Crippen molar-refractivity contribution in [3.63, 3.8) is 0 Å². The molecular formula is C23H24ClNO4S. The third kappa shape index (κ3) is 5.26. The number of nitrogens with one attached hydrogen (secondary N) is 1. The van der Waals surface area contributed by atoms with Gasteiger partial charge in [-0.25, -0.2) is 0 Å². The summed E-state index contributed by atoms with van der Waals surface area (Å²) in [5, 5.41) is 4.03. The highest BCUT2D eigenvalue weighted by molar-refractivity contribution is 7.87. The van der Waals surface area contributed by atoms with Crippen LogP contribution in [0.4, 0.5) is 5.69 Å². The van der Waals surface area contributed by atoms with Gasteiger partial charge < -0.3 is 14.2 Å². The van der Waals surface area contributed by atoms with Crippen molar-refractivity contribution in [1.29, 1.82) is 0 Å². The highest BCUT2D eigenvalue weighted by Crippen LogP contribution is 2.32. The van der Waals surface area contributed by atoms with Crippen LogP contribution in [0.25, 0.3) is 0 Å². The Kier molecular flexibility index (Phi) is 6.90. The quantitative estimate of drug-likeness (QED) is 0.448. The Morgan fingerprint density at radius 2 is 1.70 bits per heavy atom. The van der Waals surface area contributed by atoms with E-state index >= 15 is 0 Å². The zero-order valence-corrected chi connectivity index (χ0v) is 18.7. The number of benzene rings is 3. The fourth-order valence-corrected chi connectivity index (χ4v) is 3.98. The largest absolute Gasteiger partial charge is 0.490 e. The Labute approximate surface area is 182 Å². The number of anilines is 1. The maximum absolute atomic E-state index is 12.6. The van der Waals surface area contributed by atoms with Crippen LogP contribution in [0, 0.1) is 13.8 Å². The average Bonchev–Trinajstić information content (AvgIpc) is 2.71. The fraction of sp³-hybridized carbons (Fsp3) is 0.217. The second kappa shape index (κ2) is 9.41. The van der Waals surface area contributed by atoms with E-state index in [1.165, 1.54) is 12.1 Å². The molecule has 3 aromatic rings. The van der Waals surface area contributed by atoms with Crippen molar-refractivity contribution in [1.82, 2.24) is 0 Å². The van der Waals surface area contributed by atoms with Gasteiger partial charge in [-0.15, -0.1) is 0 Å². The number of ether oxygens (including phenoxy) is 1. The van der Waals surface area contributed by atoms with Gasteiger partial charge in [-0.3, -0.25) is 0 Å². The molecule has 0 fully saturated rings. The van der Waals surface area contributed by atoms with E-state index < -0.39 is 10.1 Å². The lowest BCUT2D eigenvalue weighted by Crippen LogP contribution is -2.11. The minimum absolute atomic E-state index is 0.0951. The average molecular weight is 446 g/mol. The molecule has 30 heavy (non-hydrogen) atoms. The van der Waals surface area contributed by atoms with E-state index in [0.29, 0.717) is 23.9 Å². The zero-order valence-electron chi connectivity index (χ0n) is 17.1. The lowest BCUT2D eigenvalue weighted by Gasteiger charge is -2.15. The molecule has 0 heterocycles. The fourth-order valence-electron chi connectivity index (χ4n) is 2.87. The SMILES string of the molecule is CCOc1cc(CNc2cccc(Cl)c2C)ccc1OS(=O)(=O)c1ccc(C)cc1. The molecule has 158 valence electrons. The maximum atomic E-state index is 12.6. The molecule has 0 saturated carbocycles. The summed E-state index contributed by atoms with van der Waals surface area (Å²) in [6, 6.07) is 17.4. The standard InChI is InChI=1S/C23H24ClNO4S/c1-4-28-23-14-18(15-25-21-7-5-6-20(24)17(21)3)10-13-22(23)29-30(26,27)19-11-8-16(2)9-12-19/h5-14,25H,4,15H2,1-3H3. The van der Waals surface area contributed by atoms with Crippen molar-refractivity contribution < 1.29 is 17.3 Å². The number of hydrogen-bond acceptors (Lipinski definition) is 5. The first-order valence-electron chi connectivity index (χ1n) is 9.56. The Hall–Kier alpha value is -2.70. The van der Waals surface area contributed by atoms with E-state index in [4.69, 9.17) is 20.5 Å². The zero-order chi connectivity index (χ0) is 21.7. The van der Waals surface area contributed by atoms with Gasteiger partial charge in [0.1, 0.15) is 4.90 Å². The van der Waals surface area contributed by atoms with Crippen molar-refractivity contribution in [2.24, 2.45) is 0 Å². The Morgan fingerprint density at radius 3 is 2.40 bits per heavy atom. The van der Waals surface area contributed by atoms with Crippen LogP contribution in [0.5, 0.6) is 11.5 Å². The van der Waals surface area contributed by atoms with Gasteiger partial charge in [0.05, 0.1) is 6.61 Å². The van der Waals surface area contributed by atoms with Crippen LogP contribution >= 0.6 is 11.6 Å². The summed E-state index contributed by atoms with van der Waals surface area (Å²) in [5.41, 5.74) is 3.78. The molecule has 0 spiro atoms. The second-order valence-electron chi connectivity index (χ2n) is 6.83. The number of aryl methyl sites for hydroxylation is 1. The molecule has 5 nitrogen and oxygen atoms in total. The van der Waals surface area contributed by atoms with Crippen molar-refractivity contribution in [2.45, 2.75) is 32.2 Å². The molecule has 0 bridgehead atoms. The molecule has 3 aromatic carbocycles. The summed E-state index contributed by atoms with van der Waals surface area (Å²) >= 11 is 6.17. The Balaban J connectivity index is 1.81. The molecule has 7 heteroatoms. The smallest absolute Gasteiger partial charge is 0.339 e. The van der Waals surface area contributed by atoms with E-state index in [2.05, 4.69) is 5.32 Å². The monoisotopic (exact) mass is 445 g/mol. The molecule has 0 unspecified atom stereocenters. The van der Waals surface area contributed by atoms with Gasteiger partial charge in [0.25, 0.3) is 0 Å². The van der Waals surface area contributed by atoms with Crippen LogP contribution in [0.1, 0.15) is 23.6 Å². The molecule has 1 N–H and O–H groups in total. The first-order valence-corrected chi connectivity index (χ1v) is 11.3. The second-order valence-corrected chi connectivity index (χ2v) is 8.78. The maximum Gasteiger partial charge on any atom is 0.339 e. The molecule has 0 aromatic heterocycles. The lowest BCUT2D eigenvalue weighted by molar-refractivity contribution is 0.327. The molecule has 0 amide bonds. The van der Waals surface area contributed by atoms with Gasteiger partial charge >= 0.3 is 10.1 Å². The van der Waals surface area contributed by atoms with Crippen molar-refractivity contribution in [3.05, 3.63) is 82.4 Å². The molecular weight excluding hydrogens is 422 g/mol. The lowest BCUT2D eigenvalue weighted by atomic mass is 10.1. The first kappa shape index (κ1) is 22.0. The van der Waals surface area contributed by atoms with Gasteiger partial charge in [0.15, 0.2) is 11.5 Å². The number of rotatable bonds is 8. The predicted molar refractivity (Wildman–Crippen MR) is 120 cm³/mol. The number of halogens is 1. The highest BCUT2D eigenvalue weighted by Gasteiger charge is 2.19. The van der Waals surface area contributed by atoms with Gasteiger partial charge in [-0.1, -0.05) is 41.4 Å². The Morgan fingerprint density at radius 1 is 0.967 bits per heavy atom. The third-order valence-electron chi connectivity index (χ3n) is 4.57. The molecule has 0 aliphatic rings. The predicted octanol–water partition coefficient (Wildman–Crippen LogP) is 5.74. The summed E-state index contributed by atoms with van der Waals surface area (Å²) in [6.45, 7) is 6.57. The molecule has 3 rings (SSSR count). The normalized spacial score (nSPS) is 11.2. The molecule has 0 saturated heterocycles. The van der Waals surface area contributed by atoms with Crippen LogP contribution in [0.3, 0.4) is 0 Å². The van der Waals surface area contributed by atoms with Gasteiger partial charge in [-0.2, -0.15) is 8.42 Å². The van der Waals surface area contributed by atoms with E-state index in [1.807, 2.05) is 39.0 Å². The van der Waals surface area contributed by atoms with Crippen LogP contribution in [0.2, 0.25) is 5.02 Å². The summed E-state index contributed by atoms with van der Waals surface area (Å²) in [6.07, 6.45) is 0. The number of hydrogen-bond donors (Lipinski definition) is 1. The van der Waals surface area contributed by atoms with Crippen molar-refractivity contribution in [3.8, 4) is 11.5 Å². The van der Waals surface area contributed by atoms with E-state index in [0.717, 1.165) is 22.4 Å². The van der Waals surface area contributed by atoms with Crippen LogP contribution in [-0.4, -0.2) is 15.0 Å². The molecule has 0 atom stereocenters. The van der Waals surface area contributed by atoms with Crippen LogP contribution < -0.4 is 14.2 Å². The van der Waals surface area contributed by atoms with Gasteiger partial charge in [0, 0.05) is 17.3 Å².